The fourth-order valence-corrected chi connectivity index (χ4v) is 2.42. The van der Waals surface area contributed by atoms with Crippen LogP contribution in [0, 0.1) is 0 Å². The summed E-state index contributed by atoms with van der Waals surface area (Å²) in [5.41, 5.74) is 6.35. The van der Waals surface area contributed by atoms with Crippen LogP contribution in [0.4, 0.5) is 0 Å². The van der Waals surface area contributed by atoms with Crippen molar-refractivity contribution in [2.75, 3.05) is 26.7 Å². The monoisotopic (exact) mass is 275 g/mol. The van der Waals surface area contributed by atoms with Gasteiger partial charge in [0.05, 0.1) is 6.20 Å². The molecular formula is C10H21N5O2S. The van der Waals surface area contributed by atoms with Crippen molar-refractivity contribution in [3.05, 3.63) is 18.0 Å². The van der Waals surface area contributed by atoms with Crippen molar-refractivity contribution in [3.63, 3.8) is 0 Å². The molecule has 0 saturated carbocycles. The zero-order valence-corrected chi connectivity index (χ0v) is 11.7. The summed E-state index contributed by atoms with van der Waals surface area (Å²) in [6.45, 7) is 1.27. The molecule has 0 aromatic carbocycles. The number of aromatic nitrogens is 2. The van der Waals surface area contributed by atoms with Gasteiger partial charge < -0.3 is 5.73 Å². The molecule has 0 amide bonds. The number of rotatable bonds is 8. The van der Waals surface area contributed by atoms with E-state index >= 15 is 0 Å². The minimum Gasteiger partial charge on any atom is -0.330 e. The third kappa shape index (κ3) is 4.73. The Hall–Kier alpha value is -0.960. The Morgan fingerprint density at radius 2 is 2.28 bits per heavy atom. The van der Waals surface area contributed by atoms with Crippen molar-refractivity contribution in [1.82, 2.24) is 18.8 Å². The largest absolute Gasteiger partial charge is 0.330 e. The summed E-state index contributed by atoms with van der Waals surface area (Å²) < 4.78 is 29.1. The van der Waals surface area contributed by atoms with Crippen LogP contribution in [-0.2, 0) is 23.7 Å². The van der Waals surface area contributed by atoms with Gasteiger partial charge in [0.25, 0.3) is 10.2 Å². The van der Waals surface area contributed by atoms with E-state index in [1.165, 1.54) is 4.31 Å². The quantitative estimate of drug-likeness (QED) is 0.641. The zero-order valence-electron chi connectivity index (χ0n) is 10.8. The molecule has 18 heavy (non-hydrogen) atoms. The Labute approximate surface area is 108 Å². The van der Waals surface area contributed by atoms with Gasteiger partial charge in [0.15, 0.2) is 0 Å². The fourth-order valence-electron chi connectivity index (χ4n) is 1.47. The van der Waals surface area contributed by atoms with E-state index < -0.39 is 10.2 Å². The molecule has 0 radical (unpaired) electrons. The molecule has 1 rings (SSSR count). The highest BCUT2D eigenvalue weighted by Crippen LogP contribution is 1.99. The first-order valence-corrected chi connectivity index (χ1v) is 7.28. The van der Waals surface area contributed by atoms with Gasteiger partial charge in [-0.3, -0.25) is 4.68 Å². The molecule has 1 aromatic rings. The van der Waals surface area contributed by atoms with E-state index in [-0.39, 0.29) is 0 Å². The van der Waals surface area contributed by atoms with Gasteiger partial charge in [-0.2, -0.15) is 17.8 Å². The number of nitrogens with one attached hydrogen (secondary N) is 1. The van der Waals surface area contributed by atoms with Crippen LogP contribution in [0.1, 0.15) is 12.0 Å². The maximum atomic E-state index is 11.8. The molecular weight excluding hydrogens is 254 g/mol. The van der Waals surface area contributed by atoms with Crippen LogP contribution in [0.5, 0.6) is 0 Å². The lowest BCUT2D eigenvalue weighted by Gasteiger charge is -2.16. The molecule has 0 bridgehead atoms. The molecule has 8 heteroatoms. The number of hydrogen-bond donors (Lipinski definition) is 2. The predicted octanol–water partition coefficient (Wildman–Crippen LogP) is -0.922. The second kappa shape index (κ2) is 6.83. The van der Waals surface area contributed by atoms with E-state index in [9.17, 15) is 8.42 Å². The van der Waals surface area contributed by atoms with Gasteiger partial charge in [0, 0.05) is 33.4 Å². The second-order valence-corrected chi connectivity index (χ2v) is 6.00. The minimum absolute atomic E-state index is 0.362. The summed E-state index contributed by atoms with van der Waals surface area (Å²) in [7, 11) is -0.0239. The third-order valence-corrected chi connectivity index (χ3v) is 4.12. The molecule has 0 aliphatic carbocycles. The summed E-state index contributed by atoms with van der Waals surface area (Å²) in [6, 6.07) is 0. The van der Waals surface area contributed by atoms with Gasteiger partial charge in [0.1, 0.15) is 0 Å². The normalized spacial score (nSPS) is 12.2. The number of nitrogens with zero attached hydrogens (tertiary/aromatic N) is 3. The standard InChI is InChI=1S/C10H21N5O2S/c1-14-9-10(8-12-14)4-6-13-18(16,17)15(2)7-3-5-11/h8-9,13H,3-7,11H2,1-2H3. The number of nitrogens with two attached hydrogens (primary N) is 1. The van der Waals surface area contributed by atoms with Crippen LogP contribution in [0.3, 0.4) is 0 Å². The van der Waals surface area contributed by atoms with Crippen LogP contribution in [0.25, 0.3) is 0 Å². The fraction of sp³-hybridized carbons (Fsp3) is 0.700. The lowest BCUT2D eigenvalue weighted by molar-refractivity contribution is 0.453. The minimum atomic E-state index is -3.40. The predicted molar refractivity (Wildman–Crippen MR) is 70.1 cm³/mol. The molecule has 0 unspecified atom stereocenters. The molecule has 1 aromatic heterocycles. The van der Waals surface area contributed by atoms with Gasteiger partial charge in [0.2, 0.25) is 0 Å². The Kier molecular flexibility index (Phi) is 5.73. The first-order valence-electron chi connectivity index (χ1n) is 5.84. The number of aryl methyl sites for hydroxylation is 1. The molecule has 3 N–H and O–H groups in total. The molecule has 0 fully saturated rings. The van der Waals surface area contributed by atoms with Crippen molar-refractivity contribution >= 4 is 10.2 Å². The molecule has 104 valence electrons. The van der Waals surface area contributed by atoms with Crippen LogP contribution in [0.2, 0.25) is 0 Å². The SMILES string of the molecule is CN(CCCN)S(=O)(=O)NCCc1cnn(C)c1. The topological polar surface area (TPSA) is 93.2 Å². The van der Waals surface area contributed by atoms with E-state index in [4.69, 9.17) is 5.73 Å². The van der Waals surface area contributed by atoms with Crippen molar-refractivity contribution in [1.29, 1.82) is 0 Å². The lowest BCUT2D eigenvalue weighted by atomic mass is 10.3. The Balaban J connectivity index is 2.37. The van der Waals surface area contributed by atoms with Gasteiger partial charge >= 0.3 is 0 Å². The maximum absolute atomic E-state index is 11.8. The van der Waals surface area contributed by atoms with E-state index in [0.717, 1.165) is 5.56 Å². The van der Waals surface area contributed by atoms with Crippen LogP contribution in [-0.4, -0.2) is 49.2 Å². The van der Waals surface area contributed by atoms with Crippen molar-refractivity contribution in [3.8, 4) is 0 Å². The molecule has 0 aliphatic heterocycles. The van der Waals surface area contributed by atoms with E-state index in [0.29, 0.717) is 32.5 Å². The van der Waals surface area contributed by atoms with Crippen LogP contribution in [0.15, 0.2) is 12.4 Å². The molecule has 1 heterocycles. The summed E-state index contributed by atoms with van der Waals surface area (Å²) in [5, 5.41) is 4.02. The highest BCUT2D eigenvalue weighted by atomic mass is 32.2. The average Bonchev–Trinajstić information content (AvgIpc) is 2.71. The van der Waals surface area contributed by atoms with E-state index in [1.807, 2.05) is 13.2 Å². The Bertz CT molecular complexity index is 457. The highest BCUT2D eigenvalue weighted by Gasteiger charge is 2.15. The zero-order chi connectivity index (χ0) is 13.6. The first kappa shape index (κ1) is 15.1. The van der Waals surface area contributed by atoms with Gasteiger partial charge in [-0.05, 0) is 24.9 Å². The molecule has 0 atom stereocenters. The van der Waals surface area contributed by atoms with Crippen LogP contribution >= 0.6 is 0 Å². The van der Waals surface area contributed by atoms with Crippen molar-refractivity contribution < 1.29 is 8.42 Å². The van der Waals surface area contributed by atoms with E-state index in [1.54, 1.807) is 17.9 Å². The van der Waals surface area contributed by atoms with E-state index in [2.05, 4.69) is 9.82 Å². The highest BCUT2D eigenvalue weighted by molar-refractivity contribution is 7.87. The number of hydrogen-bond acceptors (Lipinski definition) is 4. The molecule has 0 aliphatic rings. The smallest absolute Gasteiger partial charge is 0.279 e. The first-order chi connectivity index (χ1) is 8.45. The molecule has 0 saturated heterocycles. The van der Waals surface area contributed by atoms with Crippen molar-refractivity contribution in [2.45, 2.75) is 12.8 Å². The van der Waals surface area contributed by atoms with Crippen LogP contribution < -0.4 is 10.5 Å². The second-order valence-electron chi connectivity index (χ2n) is 4.14. The van der Waals surface area contributed by atoms with Gasteiger partial charge in [-0.15, -0.1) is 0 Å². The average molecular weight is 275 g/mol. The third-order valence-electron chi connectivity index (χ3n) is 2.54. The molecule has 0 spiro atoms. The molecule has 7 nitrogen and oxygen atoms in total. The maximum Gasteiger partial charge on any atom is 0.279 e. The summed E-state index contributed by atoms with van der Waals surface area (Å²) in [5.74, 6) is 0. The Morgan fingerprint density at radius 3 is 2.83 bits per heavy atom. The van der Waals surface area contributed by atoms with Gasteiger partial charge in [-0.1, -0.05) is 0 Å². The van der Waals surface area contributed by atoms with Crippen molar-refractivity contribution in [2.24, 2.45) is 12.8 Å². The summed E-state index contributed by atoms with van der Waals surface area (Å²) in [6.07, 6.45) is 4.87. The Morgan fingerprint density at radius 1 is 1.56 bits per heavy atom. The summed E-state index contributed by atoms with van der Waals surface area (Å²) in [4.78, 5) is 0. The lowest BCUT2D eigenvalue weighted by Crippen LogP contribution is -2.40. The summed E-state index contributed by atoms with van der Waals surface area (Å²) >= 11 is 0. The van der Waals surface area contributed by atoms with Gasteiger partial charge in [-0.25, -0.2) is 4.72 Å².